The average molecular weight is 289 g/mol. The van der Waals surface area contributed by atoms with Crippen molar-refractivity contribution in [2.75, 3.05) is 13.7 Å². The second-order valence-electron chi connectivity index (χ2n) is 6.50. The minimum absolute atomic E-state index is 0.115. The lowest BCUT2D eigenvalue weighted by Gasteiger charge is -2.43. The third kappa shape index (κ3) is 3.78. The van der Waals surface area contributed by atoms with Crippen LogP contribution in [0.2, 0.25) is 0 Å². The summed E-state index contributed by atoms with van der Waals surface area (Å²) in [5.41, 5.74) is 1.39. The lowest BCUT2D eigenvalue weighted by atomic mass is 9.79. The highest BCUT2D eigenvalue weighted by molar-refractivity contribution is 5.28. The summed E-state index contributed by atoms with van der Waals surface area (Å²) in [4.78, 5) is 0. The van der Waals surface area contributed by atoms with Crippen molar-refractivity contribution in [1.29, 1.82) is 0 Å². The van der Waals surface area contributed by atoms with Crippen LogP contribution in [-0.2, 0) is 11.3 Å². The normalized spacial score (nSPS) is 24.9. The van der Waals surface area contributed by atoms with Crippen LogP contribution in [0.1, 0.15) is 50.5 Å². The molecule has 1 spiro atoms. The Labute approximate surface area is 128 Å². The maximum absolute atomic E-state index is 6.26. The molecule has 21 heavy (non-hydrogen) atoms. The zero-order valence-electron chi connectivity index (χ0n) is 13.1. The van der Waals surface area contributed by atoms with Crippen molar-refractivity contribution in [3.8, 4) is 5.75 Å². The Kier molecular flexibility index (Phi) is 4.81. The maximum atomic E-state index is 6.26. The Hall–Kier alpha value is -1.06. The number of nitrogens with one attached hydrogen (secondary N) is 1. The largest absolute Gasteiger partial charge is 0.490 e. The smallest absolute Gasteiger partial charge is 0.120 e. The molecule has 3 rings (SSSR count). The van der Waals surface area contributed by atoms with Crippen LogP contribution in [0.15, 0.2) is 24.3 Å². The van der Waals surface area contributed by atoms with E-state index in [1.54, 1.807) is 0 Å². The third-order valence-corrected chi connectivity index (χ3v) is 4.79. The summed E-state index contributed by atoms with van der Waals surface area (Å²) in [6, 6.07) is 8.44. The highest BCUT2D eigenvalue weighted by atomic mass is 16.5. The van der Waals surface area contributed by atoms with E-state index in [0.717, 1.165) is 31.7 Å². The van der Waals surface area contributed by atoms with Crippen molar-refractivity contribution in [3.05, 3.63) is 29.8 Å². The second-order valence-corrected chi connectivity index (χ2v) is 6.50. The summed E-state index contributed by atoms with van der Waals surface area (Å²) in [6.07, 6.45) is 8.79. The Morgan fingerprint density at radius 1 is 1.29 bits per heavy atom. The Morgan fingerprint density at radius 2 is 2.14 bits per heavy atom. The first kappa shape index (κ1) is 14.9. The van der Waals surface area contributed by atoms with Gasteiger partial charge in [0.2, 0.25) is 0 Å². The number of hydrogen-bond donors (Lipinski definition) is 1. The van der Waals surface area contributed by atoms with E-state index in [-0.39, 0.29) is 5.60 Å². The Bertz CT molecular complexity index is 449. The van der Waals surface area contributed by atoms with Crippen LogP contribution in [0.3, 0.4) is 0 Å². The first-order valence-electron chi connectivity index (χ1n) is 8.34. The molecule has 1 aliphatic carbocycles. The summed E-state index contributed by atoms with van der Waals surface area (Å²) < 4.78 is 12.4. The molecule has 1 aromatic carbocycles. The fourth-order valence-electron chi connectivity index (χ4n) is 3.75. The van der Waals surface area contributed by atoms with Gasteiger partial charge in [0.25, 0.3) is 0 Å². The maximum Gasteiger partial charge on any atom is 0.120 e. The Morgan fingerprint density at radius 3 is 2.95 bits per heavy atom. The standard InChI is InChI=1S/C18H27NO2/c1-19-14-15-6-5-7-16(12-15)21-17-8-11-20-18(13-17)9-3-2-4-10-18/h5-7,12,17,19H,2-4,8-11,13-14H2,1H3. The summed E-state index contributed by atoms with van der Waals surface area (Å²) in [7, 11) is 1.97. The van der Waals surface area contributed by atoms with Gasteiger partial charge in [0, 0.05) is 19.4 Å². The van der Waals surface area contributed by atoms with Crippen LogP contribution in [-0.4, -0.2) is 25.4 Å². The molecule has 1 unspecified atom stereocenters. The molecule has 0 bridgehead atoms. The quantitative estimate of drug-likeness (QED) is 0.917. The molecule has 0 aromatic heterocycles. The number of benzene rings is 1. The first-order chi connectivity index (χ1) is 10.3. The highest BCUT2D eigenvalue weighted by Gasteiger charge is 2.39. The molecule has 3 nitrogen and oxygen atoms in total. The first-order valence-corrected chi connectivity index (χ1v) is 8.34. The summed E-state index contributed by atoms with van der Waals surface area (Å²) in [5, 5.41) is 3.19. The van der Waals surface area contributed by atoms with Crippen LogP contribution >= 0.6 is 0 Å². The van der Waals surface area contributed by atoms with Crippen molar-refractivity contribution < 1.29 is 9.47 Å². The predicted molar refractivity (Wildman–Crippen MR) is 84.6 cm³/mol. The SMILES string of the molecule is CNCc1cccc(OC2CCOC3(CCCCC3)C2)c1. The molecule has 2 aliphatic rings. The molecule has 2 fully saturated rings. The topological polar surface area (TPSA) is 30.5 Å². The van der Waals surface area contributed by atoms with Crippen molar-refractivity contribution in [2.24, 2.45) is 0 Å². The number of ether oxygens (including phenoxy) is 2. The van der Waals surface area contributed by atoms with E-state index in [9.17, 15) is 0 Å². The van der Waals surface area contributed by atoms with Crippen LogP contribution in [0, 0.1) is 0 Å². The minimum Gasteiger partial charge on any atom is -0.490 e. The number of rotatable bonds is 4. The fourth-order valence-corrected chi connectivity index (χ4v) is 3.75. The van der Waals surface area contributed by atoms with Gasteiger partial charge < -0.3 is 14.8 Å². The molecule has 3 heteroatoms. The third-order valence-electron chi connectivity index (χ3n) is 4.79. The van der Waals surface area contributed by atoms with Gasteiger partial charge in [-0.1, -0.05) is 31.4 Å². The monoisotopic (exact) mass is 289 g/mol. The zero-order valence-corrected chi connectivity index (χ0v) is 13.1. The lowest BCUT2D eigenvalue weighted by Crippen LogP contribution is -2.45. The van der Waals surface area contributed by atoms with Crippen molar-refractivity contribution >= 4 is 0 Å². The lowest BCUT2D eigenvalue weighted by molar-refractivity contribution is -0.129. The van der Waals surface area contributed by atoms with E-state index in [0.29, 0.717) is 6.10 Å². The van der Waals surface area contributed by atoms with E-state index in [2.05, 4.69) is 29.6 Å². The van der Waals surface area contributed by atoms with Crippen LogP contribution in [0.5, 0.6) is 5.75 Å². The van der Waals surface area contributed by atoms with Crippen LogP contribution in [0.4, 0.5) is 0 Å². The minimum atomic E-state index is 0.115. The summed E-state index contributed by atoms with van der Waals surface area (Å²) in [6.45, 7) is 1.73. The van der Waals surface area contributed by atoms with Gasteiger partial charge in [0.05, 0.1) is 12.2 Å². The zero-order chi connectivity index (χ0) is 14.5. The number of hydrogen-bond acceptors (Lipinski definition) is 3. The summed E-state index contributed by atoms with van der Waals surface area (Å²) >= 11 is 0. The van der Waals surface area contributed by atoms with E-state index >= 15 is 0 Å². The van der Waals surface area contributed by atoms with Gasteiger partial charge >= 0.3 is 0 Å². The molecule has 1 saturated carbocycles. The van der Waals surface area contributed by atoms with E-state index in [4.69, 9.17) is 9.47 Å². The van der Waals surface area contributed by atoms with Gasteiger partial charge in [-0.2, -0.15) is 0 Å². The summed E-state index contributed by atoms with van der Waals surface area (Å²) in [5.74, 6) is 1.00. The van der Waals surface area contributed by atoms with Gasteiger partial charge in [-0.05, 0) is 37.6 Å². The molecule has 1 heterocycles. The van der Waals surface area contributed by atoms with E-state index in [1.807, 2.05) is 7.05 Å². The van der Waals surface area contributed by atoms with Gasteiger partial charge in [0.1, 0.15) is 11.9 Å². The average Bonchev–Trinajstić information content (AvgIpc) is 2.49. The Balaban J connectivity index is 1.63. The van der Waals surface area contributed by atoms with Crippen LogP contribution in [0.25, 0.3) is 0 Å². The molecular formula is C18H27NO2. The highest BCUT2D eigenvalue weighted by Crippen LogP contribution is 2.39. The molecule has 1 atom stereocenters. The molecule has 1 aliphatic heterocycles. The van der Waals surface area contributed by atoms with Gasteiger partial charge in [-0.25, -0.2) is 0 Å². The van der Waals surface area contributed by atoms with E-state index < -0.39 is 0 Å². The molecule has 0 radical (unpaired) electrons. The van der Waals surface area contributed by atoms with E-state index in [1.165, 1.54) is 37.7 Å². The molecule has 116 valence electrons. The molecular weight excluding hydrogens is 262 g/mol. The molecule has 1 N–H and O–H groups in total. The molecule has 1 aromatic rings. The fraction of sp³-hybridized carbons (Fsp3) is 0.667. The van der Waals surface area contributed by atoms with Gasteiger partial charge in [0.15, 0.2) is 0 Å². The van der Waals surface area contributed by atoms with Gasteiger partial charge in [-0.3, -0.25) is 0 Å². The second kappa shape index (κ2) is 6.80. The van der Waals surface area contributed by atoms with Crippen molar-refractivity contribution in [2.45, 2.75) is 63.2 Å². The molecule has 1 saturated heterocycles. The molecule has 0 amide bonds. The van der Waals surface area contributed by atoms with Crippen molar-refractivity contribution in [3.63, 3.8) is 0 Å². The van der Waals surface area contributed by atoms with Crippen molar-refractivity contribution in [1.82, 2.24) is 5.32 Å². The van der Waals surface area contributed by atoms with Gasteiger partial charge in [-0.15, -0.1) is 0 Å². The van der Waals surface area contributed by atoms with Crippen LogP contribution < -0.4 is 10.1 Å². The predicted octanol–water partition coefficient (Wildman–Crippen LogP) is 3.67.